The van der Waals surface area contributed by atoms with E-state index in [0.29, 0.717) is 11.5 Å². The zero-order valence-corrected chi connectivity index (χ0v) is 10.6. The molecule has 0 spiro atoms. The maximum absolute atomic E-state index is 12.1. The molecule has 0 aliphatic rings. The number of nitrogens with one attached hydrogen (secondary N) is 2. The average Bonchev–Trinajstić information content (AvgIpc) is 2.74. The monoisotopic (exact) mass is 245 g/mol. The number of aromatic nitrogens is 3. The van der Waals surface area contributed by atoms with Crippen LogP contribution >= 0.6 is 0 Å². The molecule has 2 aromatic rings. The lowest BCUT2D eigenvalue weighted by Gasteiger charge is -2.08. The molecule has 0 aliphatic heterocycles. The molecule has 6 nitrogen and oxygen atoms in total. The third kappa shape index (κ3) is 2.32. The van der Waals surface area contributed by atoms with Gasteiger partial charge in [-0.25, -0.2) is 4.68 Å². The van der Waals surface area contributed by atoms with E-state index in [4.69, 9.17) is 0 Å². The van der Waals surface area contributed by atoms with E-state index in [1.807, 2.05) is 26.1 Å². The van der Waals surface area contributed by atoms with Gasteiger partial charge in [-0.3, -0.25) is 10.1 Å². The summed E-state index contributed by atoms with van der Waals surface area (Å²) in [6.07, 6.45) is 1.40. The van der Waals surface area contributed by atoms with Gasteiger partial charge in [-0.1, -0.05) is 0 Å². The quantitative estimate of drug-likeness (QED) is 0.857. The average molecular weight is 245 g/mol. The molecular formula is C12H15N5O. The molecule has 0 unspecified atom stereocenters. The van der Waals surface area contributed by atoms with E-state index in [2.05, 4.69) is 20.7 Å². The van der Waals surface area contributed by atoms with Gasteiger partial charge in [-0.05, 0) is 30.7 Å². The normalized spacial score (nSPS) is 10.2. The van der Waals surface area contributed by atoms with Crippen LogP contribution in [0.3, 0.4) is 0 Å². The fourth-order valence-corrected chi connectivity index (χ4v) is 1.65. The van der Waals surface area contributed by atoms with Crippen molar-refractivity contribution in [3.05, 3.63) is 35.7 Å². The highest BCUT2D eigenvalue weighted by molar-refractivity contribution is 6.04. The first kappa shape index (κ1) is 12.1. The Labute approximate surface area is 105 Å². The number of rotatable bonds is 3. The maximum atomic E-state index is 12.1. The third-order valence-electron chi connectivity index (χ3n) is 2.70. The Bertz CT molecular complexity index is 576. The summed E-state index contributed by atoms with van der Waals surface area (Å²) in [5.41, 5.74) is 2.50. The lowest BCUT2D eigenvalue weighted by atomic mass is 10.1. The SMILES string of the molecule is CNc1ccc(C(=O)Nc2ncnn2C)c(C)c1. The molecule has 0 radical (unpaired) electrons. The number of amides is 1. The van der Waals surface area contributed by atoms with Crippen molar-refractivity contribution in [1.29, 1.82) is 0 Å². The third-order valence-corrected chi connectivity index (χ3v) is 2.70. The lowest BCUT2D eigenvalue weighted by molar-refractivity contribution is 0.102. The van der Waals surface area contributed by atoms with E-state index in [1.54, 1.807) is 13.1 Å². The van der Waals surface area contributed by atoms with Crippen molar-refractivity contribution in [2.24, 2.45) is 7.05 Å². The Morgan fingerprint density at radius 3 is 2.72 bits per heavy atom. The second-order valence-electron chi connectivity index (χ2n) is 3.94. The standard InChI is InChI=1S/C12H15N5O/c1-8-6-9(13-2)4-5-10(8)11(18)16-12-14-7-15-17(12)3/h4-7,13H,1-3H3,(H,14,15,16,18). The van der Waals surface area contributed by atoms with Gasteiger partial charge in [0, 0.05) is 25.3 Å². The predicted octanol–water partition coefficient (Wildman–Crippen LogP) is 1.42. The number of carbonyl (C=O) groups excluding carboxylic acids is 1. The molecule has 1 amide bonds. The zero-order valence-electron chi connectivity index (χ0n) is 10.6. The second-order valence-corrected chi connectivity index (χ2v) is 3.94. The number of hydrogen-bond donors (Lipinski definition) is 2. The summed E-state index contributed by atoms with van der Waals surface area (Å²) in [7, 11) is 3.56. The highest BCUT2D eigenvalue weighted by Gasteiger charge is 2.11. The van der Waals surface area contributed by atoms with Crippen LogP contribution in [0.5, 0.6) is 0 Å². The van der Waals surface area contributed by atoms with Crippen molar-refractivity contribution >= 4 is 17.5 Å². The number of carbonyl (C=O) groups is 1. The number of aryl methyl sites for hydroxylation is 2. The van der Waals surface area contributed by atoms with Crippen molar-refractivity contribution < 1.29 is 4.79 Å². The zero-order chi connectivity index (χ0) is 13.1. The second kappa shape index (κ2) is 4.87. The summed E-state index contributed by atoms with van der Waals surface area (Å²) >= 11 is 0. The molecular weight excluding hydrogens is 230 g/mol. The molecule has 0 saturated heterocycles. The van der Waals surface area contributed by atoms with Crippen molar-refractivity contribution in [1.82, 2.24) is 14.8 Å². The van der Waals surface area contributed by atoms with E-state index in [-0.39, 0.29) is 5.91 Å². The highest BCUT2D eigenvalue weighted by Crippen LogP contribution is 2.15. The van der Waals surface area contributed by atoms with Crippen LogP contribution < -0.4 is 10.6 Å². The first-order valence-electron chi connectivity index (χ1n) is 5.55. The lowest BCUT2D eigenvalue weighted by Crippen LogP contribution is -2.16. The number of anilines is 2. The van der Waals surface area contributed by atoms with Gasteiger partial charge >= 0.3 is 0 Å². The van der Waals surface area contributed by atoms with Crippen LogP contribution in [0.1, 0.15) is 15.9 Å². The summed E-state index contributed by atoms with van der Waals surface area (Å²) in [6.45, 7) is 1.90. The smallest absolute Gasteiger partial charge is 0.258 e. The van der Waals surface area contributed by atoms with E-state index < -0.39 is 0 Å². The van der Waals surface area contributed by atoms with Crippen LogP contribution in [0.2, 0.25) is 0 Å². The van der Waals surface area contributed by atoms with Crippen LogP contribution in [0.25, 0.3) is 0 Å². The van der Waals surface area contributed by atoms with Crippen molar-refractivity contribution in [3.63, 3.8) is 0 Å². The van der Waals surface area contributed by atoms with Crippen LogP contribution in [0.4, 0.5) is 11.6 Å². The molecule has 0 saturated carbocycles. The molecule has 1 aromatic carbocycles. The molecule has 2 rings (SSSR count). The largest absolute Gasteiger partial charge is 0.388 e. The van der Waals surface area contributed by atoms with Crippen LogP contribution in [0.15, 0.2) is 24.5 Å². The van der Waals surface area contributed by atoms with Gasteiger partial charge in [-0.2, -0.15) is 10.1 Å². The molecule has 1 heterocycles. The molecule has 1 aromatic heterocycles. The van der Waals surface area contributed by atoms with E-state index in [0.717, 1.165) is 11.3 Å². The fraction of sp³-hybridized carbons (Fsp3) is 0.250. The van der Waals surface area contributed by atoms with Gasteiger partial charge in [0.05, 0.1) is 0 Å². The minimum atomic E-state index is -0.189. The van der Waals surface area contributed by atoms with Gasteiger partial charge in [0.15, 0.2) is 0 Å². The highest BCUT2D eigenvalue weighted by atomic mass is 16.1. The minimum Gasteiger partial charge on any atom is -0.388 e. The summed E-state index contributed by atoms with van der Waals surface area (Å²) < 4.78 is 1.51. The Hall–Kier alpha value is -2.37. The molecule has 6 heteroatoms. The summed E-state index contributed by atoms with van der Waals surface area (Å²) in [4.78, 5) is 16.0. The van der Waals surface area contributed by atoms with Gasteiger partial charge in [0.2, 0.25) is 5.95 Å². The predicted molar refractivity (Wildman–Crippen MR) is 69.7 cm³/mol. The Kier molecular flexibility index (Phi) is 3.27. The molecule has 94 valence electrons. The summed E-state index contributed by atoms with van der Waals surface area (Å²) in [6, 6.07) is 5.57. The van der Waals surface area contributed by atoms with E-state index >= 15 is 0 Å². The Morgan fingerprint density at radius 1 is 1.39 bits per heavy atom. The van der Waals surface area contributed by atoms with E-state index in [1.165, 1.54) is 11.0 Å². The summed E-state index contributed by atoms with van der Waals surface area (Å²) in [5.74, 6) is 0.239. The van der Waals surface area contributed by atoms with Crippen LogP contribution in [0, 0.1) is 6.92 Å². The maximum Gasteiger partial charge on any atom is 0.258 e. The van der Waals surface area contributed by atoms with Gasteiger partial charge in [-0.15, -0.1) is 0 Å². The van der Waals surface area contributed by atoms with Crippen molar-refractivity contribution in [3.8, 4) is 0 Å². The molecule has 0 bridgehead atoms. The number of nitrogens with zero attached hydrogens (tertiary/aromatic N) is 3. The summed E-state index contributed by atoms with van der Waals surface area (Å²) in [5, 5.41) is 9.64. The van der Waals surface area contributed by atoms with Crippen molar-refractivity contribution in [2.75, 3.05) is 17.7 Å². The molecule has 0 atom stereocenters. The fourth-order valence-electron chi connectivity index (χ4n) is 1.65. The van der Waals surface area contributed by atoms with Crippen LogP contribution in [-0.2, 0) is 7.05 Å². The van der Waals surface area contributed by atoms with Gasteiger partial charge in [0.25, 0.3) is 5.91 Å². The minimum absolute atomic E-state index is 0.189. The Balaban J connectivity index is 2.22. The van der Waals surface area contributed by atoms with Crippen LogP contribution in [-0.4, -0.2) is 27.7 Å². The molecule has 0 fully saturated rings. The van der Waals surface area contributed by atoms with E-state index in [9.17, 15) is 4.79 Å². The van der Waals surface area contributed by atoms with Gasteiger partial charge < -0.3 is 5.32 Å². The van der Waals surface area contributed by atoms with Gasteiger partial charge in [0.1, 0.15) is 6.33 Å². The Morgan fingerprint density at radius 2 is 2.17 bits per heavy atom. The topological polar surface area (TPSA) is 71.8 Å². The number of hydrogen-bond acceptors (Lipinski definition) is 4. The number of benzene rings is 1. The molecule has 18 heavy (non-hydrogen) atoms. The van der Waals surface area contributed by atoms with Crippen molar-refractivity contribution in [2.45, 2.75) is 6.92 Å². The molecule has 2 N–H and O–H groups in total. The first-order chi connectivity index (χ1) is 8.61. The first-order valence-corrected chi connectivity index (χ1v) is 5.55. The molecule has 0 aliphatic carbocycles.